The fourth-order valence-corrected chi connectivity index (χ4v) is 1.54. The van der Waals surface area contributed by atoms with Gasteiger partial charge in [0.1, 0.15) is 18.0 Å². The molecule has 0 spiro atoms. The number of nitrogens with zero attached hydrogens (tertiary/aromatic N) is 3. The molecule has 104 valence electrons. The molecule has 2 aromatic rings. The third kappa shape index (κ3) is 3.13. The second-order valence-electron chi connectivity index (χ2n) is 3.86. The normalized spacial score (nSPS) is 10.2. The number of benzene rings is 1. The molecule has 8 nitrogen and oxygen atoms in total. The zero-order valence-corrected chi connectivity index (χ0v) is 10.2. The Morgan fingerprint density at radius 2 is 2.30 bits per heavy atom. The Labute approximate surface area is 112 Å². The lowest BCUT2D eigenvalue weighted by Crippen LogP contribution is -2.26. The number of nitrogens with one attached hydrogen (secondary N) is 2. The molecule has 0 unspecified atom stereocenters. The maximum absolute atomic E-state index is 13.5. The number of nitro benzene ring substituents is 1. The van der Waals surface area contributed by atoms with Crippen molar-refractivity contribution in [2.45, 2.75) is 6.42 Å². The molecule has 0 fully saturated rings. The summed E-state index contributed by atoms with van der Waals surface area (Å²) in [5.74, 6) is -0.955. The van der Waals surface area contributed by atoms with E-state index in [0.717, 1.165) is 18.2 Å². The number of hydrogen-bond acceptors (Lipinski definition) is 5. The van der Waals surface area contributed by atoms with Gasteiger partial charge in [0, 0.05) is 25.1 Å². The number of amides is 1. The van der Waals surface area contributed by atoms with E-state index in [1.54, 1.807) is 0 Å². The van der Waals surface area contributed by atoms with Crippen LogP contribution in [0.4, 0.5) is 10.1 Å². The van der Waals surface area contributed by atoms with Crippen molar-refractivity contribution in [3.63, 3.8) is 0 Å². The highest BCUT2D eigenvalue weighted by molar-refractivity contribution is 5.95. The first kappa shape index (κ1) is 13.6. The Morgan fingerprint density at radius 1 is 1.50 bits per heavy atom. The first-order chi connectivity index (χ1) is 9.58. The van der Waals surface area contributed by atoms with Crippen LogP contribution in [0.3, 0.4) is 0 Å². The number of aromatic amines is 1. The van der Waals surface area contributed by atoms with Crippen molar-refractivity contribution in [3.05, 3.63) is 51.8 Å². The van der Waals surface area contributed by atoms with Crippen molar-refractivity contribution in [1.82, 2.24) is 20.5 Å². The van der Waals surface area contributed by atoms with Crippen molar-refractivity contribution in [2.75, 3.05) is 6.54 Å². The molecule has 0 saturated carbocycles. The molecule has 0 aliphatic rings. The average Bonchev–Trinajstić information content (AvgIpc) is 2.92. The largest absolute Gasteiger partial charge is 0.351 e. The van der Waals surface area contributed by atoms with E-state index < -0.39 is 16.6 Å². The van der Waals surface area contributed by atoms with Crippen LogP contribution in [0.2, 0.25) is 0 Å². The molecule has 1 aromatic heterocycles. The van der Waals surface area contributed by atoms with Crippen molar-refractivity contribution in [2.24, 2.45) is 0 Å². The monoisotopic (exact) mass is 279 g/mol. The molecule has 0 aliphatic heterocycles. The number of non-ortho nitro benzene ring substituents is 1. The van der Waals surface area contributed by atoms with Gasteiger partial charge in [-0.2, -0.15) is 5.10 Å². The van der Waals surface area contributed by atoms with E-state index >= 15 is 0 Å². The van der Waals surface area contributed by atoms with Crippen LogP contribution < -0.4 is 5.32 Å². The molecule has 9 heteroatoms. The maximum Gasteiger partial charge on any atom is 0.270 e. The highest BCUT2D eigenvalue weighted by Crippen LogP contribution is 2.16. The van der Waals surface area contributed by atoms with E-state index in [-0.39, 0.29) is 17.8 Å². The number of rotatable bonds is 5. The van der Waals surface area contributed by atoms with E-state index in [9.17, 15) is 19.3 Å². The van der Waals surface area contributed by atoms with Crippen LogP contribution in [0.1, 0.15) is 16.2 Å². The summed E-state index contributed by atoms with van der Waals surface area (Å²) in [6.07, 6.45) is 1.72. The highest BCUT2D eigenvalue weighted by atomic mass is 19.1. The van der Waals surface area contributed by atoms with Crippen molar-refractivity contribution in [3.8, 4) is 0 Å². The van der Waals surface area contributed by atoms with Crippen LogP contribution in [0.15, 0.2) is 24.5 Å². The van der Waals surface area contributed by atoms with Crippen molar-refractivity contribution < 1.29 is 14.1 Å². The molecule has 2 N–H and O–H groups in total. The summed E-state index contributed by atoms with van der Waals surface area (Å²) in [4.78, 5) is 25.5. The van der Waals surface area contributed by atoms with Gasteiger partial charge in [0.25, 0.3) is 11.6 Å². The molecular weight excluding hydrogens is 269 g/mol. The topological polar surface area (TPSA) is 114 Å². The molecule has 20 heavy (non-hydrogen) atoms. The number of aromatic nitrogens is 3. The summed E-state index contributed by atoms with van der Waals surface area (Å²) in [6.45, 7) is 0.205. The van der Waals surface area contributed by atoms with Crippen LogP contribution in [0.5, 0.6) is 0 Å². The average molecular weight is 279 g/mol. The van der Waals surface area contributed by atoms with Crippen LogP contribution in [-0.4, -0.2) is 32.6 Å². The van der Waals surface area contributed by atoms with Gasteiger partial charge in [-0.1, -0.05) is 0 Å². The SMILES string of the molecule is O=C(NCCc1ncn[nH]1)c1cc([N+](=O)[O-])ccc1F. The van der Waals surface area contributed by atoms with E-state index in [1.165, 1.54) is 6.33 Å². The molecule has 2 rings (SSSR count). The Balaban J connectivity index is 2.01. The van der Waals surface area contributed by atoms with Gasteiger partial charge in [0.15, 0.2) is 0 Å². The number of carbonyl (C=O) groups is 1. The number of hydrogen-bond donors (Lipinski definition) is 2. The van der Waals surface area contributed by atoms with E-state index in [0.29, 0.717) is 12.2 Å². The van der Waals surface area contributed by atoms with Gasteiger partial charge >= 0.3 is 0 Å². The van der Waals surface area contributed by atoms with Crippen molar-refractivity contribution >= 4 is 11.6 Å². The second-order valence-corrected chi connectivity index (χ2v) is 3.86. The second kappa shape index (κ2) is 5.87. The number of halogens is 1. The van der Waals surface area contributed by atoms with Gasteiger partial charge in [-0.25, -0.2) is 9.37 Å². The van der Waals surface area contributed by atoms with E-state index in [4.69, 9.17) is 0 Å². The minimum Gasteiger partial charge on any atom is -0.351 e. The predicted octanol–water partition coefficient (Wildman–Crippen LogP) is 0.824. The molecule has 1 amide bonds. The van der Waals surface area contributed by atoms with Gasteiger partial charge in [-0.05, 0) is 6.07 Å². The number of nitro groups is 1. The third-order valence-corrected chi connectivity index (χ3v) is 2.52. The lowest BCUT2D eigenvalue weighted by Gasteiger charge is -2.05. The van der Waals surface area contributed by atoms with Gasteiger partial charge in [-0.15, -0.1) is 0 Å². The summed E-state index contributed by atoms with van der Waals surface area (Å²) < 4.78 is 13.5. The number of carbonyl (C=O) groups excluding carboxylic acids is 1. The smallest absolute Gasteiger partial charge is 0.270 e. The molecule has 0 saturated heterocycles. The maximum atomic E-state index is 13.5. The standard InChI is InChI=1S/C11H10FN5O3/c12-9-2-1-7(17(19)20)5-8(9)11(18)13-4-3-10-14-6-15-16-10/h1-2,5-6H,3-4H2,(H,13,18)(H,14,15,16). The Kier molecular flexibility index (Phi) is 3.99. The fourth-order valence-electron chi connectivity index (χ4n) is 1.54. The molecular formula is C11H10FN5O3. The lowest BCUT2D eigenvalue weighted by molar-refractivity contribution is -0.384. The molecule has 0 bridgehead atoms. The summed E-state index contributed by atoms with van der Waals surface area (Å²) in [6, 6.07) is 2.79. The predicted molar refractivity (Wildman–Crippen MR) is 65.5 cm³/mol. The van der Waals surface area contributed by atoms with Gasteiger partial charge in [0.05, 0.1) is 10.5 Å². The summed E-state index contributed by atoms with van der Waals surface area (Å²) in [5, 5.41) is 19.3. The minimum absolute atomic E-state index is 0.205. The van der Waals surface area contributed by atoms with Crippen LogP contribution >= 0.6 is 0 Å². The summed E-state index contributed by atoms with van der Waals surface area (Å²) in [5.41, 5.74) is -0.705. The minimum atomic E-state index is -0.812. The quantitative estimate of drug-likeness (QED) is 0.621. The molecule has 0 radical (unpaired) electrons. The zero-order chi connectivity index (χ0) is 14.5. The van der Waals surface area contributed by atoms with E-state index in [2.05, 4.69) is 20.5 Å². The van der Waals surface area contributed by atoms with Gasteiger partial charge in [-0.3, -0.25) is 20.0 Å². The summed E-state index contributed by atoms with van der Waals surface area (Å²) in [7, 11) is 0. The third-order valence-electron chi connectivity index (χ3n) is 2.52. The lowest BCUT2D eigenvalue weighted by atomic mass is 10.1. The highest BCUT2D eigenvalue weighted by Gasteiger charge is 2.16. The first-order valence-corrected chi connectivity index (χ1v) is 5.64. The molecule has 1 aromatic carbocycles. The Hall–Kier alpha value is -2.84. The first-order valence-electron chi connectivity index (χ1n) is 5.64. The van der Waals surface area contributed by atoms with Crippen LogP contribution in [-0.2, 0) is 6.42 Å². The fraction of sp³-hybridized carbons (Fsp3) is 0.182. The Morgan fingerprint density at radius 3 is 2.95 bits per heavy atom. The van der Waals surface area contributed by atoms with Crippen LogP contribution in [0.25, 0.3) is 0 Å². The molecule has 1 heterocycles. The molecule has 0 aliphatic carbocycles. The van der Waals surface area contributed by atoms with Crippen LogP contribution in [0, 0.1) is 15.9 Å². The van der Waals surface area contributed by atoms with Crippen molar-refractivity contribution in [1.29, 1.82) is 0 Å². The Bertz CT molecular complexity index is 629. The van der Waals surface area contributed by atoms with E-state index in [1.807, 2.05) is 0 Å². The zero-order valence-electron chi connectivity index (χ0n) is 10.2. The molecule has 0 atom stereocenters. The van der Waals surface area contributed by atoms with Gasteiger partial charge < -0.3 is 5.32 Å². The summed E-state index contributed by atoms with van der Waals surface area (Å²) >= 11 is 0. The van der Waals surface area contributed by atoms with Gasteiger partial charge in [0.2, 0.25) is 0 Å². The number of H-pyrrole nitrogens is 1.